The van der Waals surface area contributed by atoms with E-state index in [-0.39, 0.29) is 55.9 Å². The van der Waals surface area contributed by atoms with E-state index in [4.69, 9.17) is 9.78 Å². The van der Waals surface area contributed by atoms with Crippen molar-refractivity contribution in [2.24, 2.45) is 0 Å². The first kappa shape index (κ1) is 27.8. The molecule has 1 aromatic heterocycles. The summed E-state index contributed by atoms with van der Waals surface area (Å²) in [5.41, 5.74) is -2.62. The van der Waals surface area contributed by atoms with E-state index in [9.17, 15) is 37.8 Å². The van der Waals surface area contributed by atoms with E-state index in [0.29, 0.717) is 0 Å². The van der Waals surface area contributed by atoms with Gasteiger partial charge in [-0.15, -0.1) is 0 Å². The fourth-order valence-electron chi connectivity index (χ4n) is 4.09. The highest BCUT2D eigenvalue weighted by Crippen LogP contribution is 2.41. The Balaban J connectivity index is 1.82. The Bertz CT molecular complexity index is 1720. The highest BCUT2D eigenvalue weighted by molar-refractivity contribution is 6.14. The molecule has 0 saturated carbocycles. The SMILES string of the molecule is CC(=O)c1cc2c(C(=O)Nc3ccc(C#N)cc3C(=O)O)noc2cc1-c1ccc(NC(C)O)cc1C(F)(F)F. The van der Waals surface area contributed by atoms with Gasteiger partial charge in [-0.2, -0.15) is 18.4 Å². The van der Waals surface area contributed by atoms with Gasteiger partial charge in [0.05, 0.1) is 33.8 Å². The van der Waals surface area contributed by atoms with Crippen LogP contribution in [-0.2, 0) is 6.18 Å². The van der Waals surface area contributed by atoms with Crippen LogP contribution < -0.4 is 10.6 Å². The number of anilines is 2. The molecule has 10 nitrogen and oxygen atoms in total. The van der Waals surface area contributed by atoms with Crippen LogP contribution in [-0.4, -0.2) is 39.3 Å². The molecule has 1 amide bonds. The molecule has 0 radical (unpaired) electrons. The zero-order valence-corrected chi connectivity index (χ0v) is 20.8. The number of hydrogen-bond acceptors (Lipinski definition) is 8. The molecular weight excluding hydrogens is 533 g/mol. The van der Waals surface area contributed by atoms with Gasteiger partial charge in [-0.25, -0.2) is 4.79 Å². The van der Waals surface area contributed by atoms with Crippen molar-refractivity contribution < 1.29 is 42.3 Å². The number of nitriles is 1. The summed E-state index contributed by atoms with van der Waals surface area (Å²) in [7, 11) is 0. The van der Waals surface area contributed by atoms with E-state index in [2.05, 4.69) is 15.8 Å². The summed E-state index contributed by atoms with van der Waals surface area (Å²) >= 11 is 0. The normalized spacial score (nSPS) is 12.0. The van der Waals surface area contributed by atoms with Crippen LogP contribution in [0.15, 0.2) is 53.1 Å². The van der Waals surface area contributed by atoms with Gasteiger partial charge in [0, 0.05) is 11.3 Å². The second-order valence-corrected chi connectivity index (χ2v) is 8.69. The highest BCUT2D eigenvalue weighted by Gasteiger charge is 2.35. The Morgan fingerprint density at radius 3 is 2.38 bits per heavy atom. The van der Waals surface area contributed by atoms with E-state index < -0.39 is 35.6 Å². The number of aromatic carboxylic acids is 1. The number of amides is 1. The van der Waals surface area contributed by atoms with Crippen molar-refractivity contribution in [1.29, 1.82) is 5.26 Å². The minimum Gasteiger partial charge on any atom is -0.478 e. The molecule has 40 heavy (non-hydrogen) atoms. The lowest BCUT2D eigenvalue weighted by molar-refractivity contribution is -0.137. The quantitative estimate of drug-likeness (QED) is 0.176. The van der Waals surface area contributed by atoms with Gasteiger partial charge < -0.3 is 25.4 Å². The smallest absolute Gasteiger partial charge is 0.417 e. The van der Waals surface area contributed by atoms with Crippen LogP contribution in [0.3, 0.4) is 0 Å². The van der Waals surface area contributed by atoms with Crippen molar-refractivity contribution in [2.75, 3.05) is 10.6 Å². The van der Waals surface area contributed by atoms with Gasteiger partial charge in [-0.3, -0.25) is 9.59 Å². The minimum absolute atomic E-state index is 0.00122. The summed E-state index contributed by atoms with van der Waals surface area (Å²) in [5, 5.41) is 36.5. The Labute approximate surface area is 223 Å². The number of carbonyl (C=O) groups excluding carboxylic acids is 2. The Hall–Kier alpha value is -5.22. The molecule has 0 aliphatic heterocycles. The van der Waals surface area contributed by atoms with Gasteiger partial charge >= 0.3 is 12.1 Å². The molecule has 4 N–H and O–H groups in total. The van der Waals surface area contributed by atoms with Crippen LogP contribution in [0.4, 0.5) is 24.5 Å². The summed E-state index contributed by atoms with van der Waals surface area (Å²) < 4.78 is 47.3. The lowest BCUT2D eigenvalue weighted by Crippen LogP contribution is -2.16. The molecule has 1 atom stereocenters. The van der Waals surface area contributed by atoms with Crippen LogP contribution in [0, 0.1) is 11.3 Å². The number of aromatic nitrogens is 1. The average Bonchev–Trinajstić information content (AvgIpc) is 3.30. The lowest BCUT2D eigenvalue weighted by atomic mass is 9.91. The molecule has 0 saturated heterocycles. The number of nitrogens with one attached hydrogen (secondary N) is 2. The van der Waals surface area contributed by atoms with Crippen LogP contribution in [0.5, 0.6) is 0 Å². The summed E-state index contributed by atoms with van der Waals surface area (Å²) in [6, 6.07) is 11.0. The number of carboxylic acid groups (broad SMARTS) is 1. The van der Waals surface area contributed by atoms with E-state index in [1.807, 2.05) is 0 Å². The van der Waals surface area contributed by atoms with E-state index in [0.717, 1.165) is 31.2 Å². The summed E-state index contributed by atoms with van der Waals surface area (Å²) in [6.45, 7) is 2.48. The number of halogens is 3. The van der Waals surface area contributed by atoms with Crippen LogP contribution >= 0.6 is 0 Å². The van der Waals surface area contributed by atoms with Gasteiger partial charge in [-0.05, 0) is 67.4 Å². The molecule has 0 bridgehead atoms. The first-order valence-corrected chi connectivity index (χ1v) is 11.5. The van der Waals surface area contributed by atoms with Gasteiger partial charge in [0.15, 0.2) is 17.1 Å². The summed E-state index contributed by atoms with van der Waals surface area (Å²) in [6.07, 6.45) is -5.95. The van der Waals surface area contributed by atoms with E-state index in [1.54, 1.807) is 6.07 Å². The standard InChI is InChI=1S/C27H19F3N4O6/c1-12(35)17-9-20-23(10-18(17)16-5-4-15(32-13(2)36)8-21(16)27(28,29)30)40-34-24(20)25(37)33-22-6-3-14(11-31)7-19(22)26(38)39/h3-10,13,32,36H,1-2H3,(H,33,37)(H,38,39). The van der Waals surface area contributed by atoms with Crippen molar-refractivity contribution in [1.82, 2.24) is 5.16 Å². The number of ketones is 1. The van der Waals surface area contributed by atoms with Crippen molar-refractivity contribution in [3.05, 3.63) is 76.5 Å². The number of alkyl halides is 3. The highest BCUT2D eigenvalue weighted by atomic mass is 19.4. The molecule has 0 aliphatic rings. The monoisotopic (exact) mass is 552 g/mol. The number of fused-ring (bicyclic) bond motifs is 1. The molecule has 0 fully saturated rings. The zero-order valence-electron chi connectivity index (χ0n) is 20.8. The molecule has 0 aliphatic carbocycles. The summed E-state index contributed by atoms with van der Waals surface area (Å²) in [5.74, 6) is -2.93. The van der Waals surface area contributed by atoms with E-state index >= 15 is 0 Å². The molecule has 204 valence electrons. The van der Waals surface area contributed by atoms with Crippen molar-refractivity contribution >= 4 is 40.0 Å². The fourth-order valence-corrected chi connectivity index (χ4v) is 4.09. The lowest BCUT2D eigenvalue weighted by Gasteiger charge is -2.18. The van der Waals surface area contributed by atoms with Gasteiger partial charge in [0.1, 0.15) is 6.23 Å². The van der Waals surface area contributed by atoms with Crippen LogP contribution in [0.2, 0.25) is 0 Å². The van der Waals surface area contributed by atoms with Gasteiger partial charge in [-0.1, -0.05) is 11.2 Å². The number of rotatable bonds is 7. The molecular formula is C27H19F3N4O6. The largest absolute Gasteiger partial charge is 0.478 e. The molecule has 1 heterocycles. The molecule has 13 heteroatoms. The van der Waals surface area contributed by atoms with Crippen LogP contribution in [0.25, 0.3) is 22.1 Å². The number of benzene rings is 3. The second kappa shape index (κ2) is 10.5. The topological polar surface area (TPSA) is 166 Å². The third kappa shape index (κ3) is 5.47. The molecule has 4 aromatic rings. The number of carbonyl (C=O) groups is 3. The van der Waals surface area contributed by atoms with Crippen LogP contribution in [0.1, 0.15) is 56.2 Å². The molecule has 1 unspecified atom stereocenters. The maximum atomic E-state index is 14.0. The summed E-state index contributed by atoms with van der Waals surface area (Å²) in [4.78, 5) is 37.2. The average molecular weight is 552 g/mol. The zero-order chi connectivity index (χ0) is 29.4. The van der Waals surface area contributed by atoms with Gasteiger partial charge in [0.25, 0.3) is 5.91 Å². The third-order valence-corrected chi connectivity index (χ3v) is 5.82. The maximum Gasteiger partial charge on any atom is 0.417 e. The Morgan fingerprint density at radius 2 is 1.77 bits per heavy atom. The second-order valence-electron chi connectivity index (χ2n) is 8.69. The molecule has 4 rings (SSSR count). The number of nitrogens with zero attached hydrogens (tertiary/aromatic N) is 2. The fraction of sp³-hybridized carbons (Fsp3) is 0.148. The number of aliphatic hydroxyl groups excluding tert-OH is 1. The van der Waals surface area contributed by atoms with E-state index in [1.165, 1.54) is 31.2 Å². The predicted molar refractivity (Wildman–Crippen MR) is 136 cm³/mol. The number of Topliss-reactive ketones (excluding diaryl/α,β-unsaturated/α-hetero) is 1. The van der Waals surface area contributed by atoms with Crippen molar-refractivity contribution in [3.63, 3.8) is 0 Å². The minimum atomic E-state index is -4.83. The third-order valence-electron chi connectivity index (χ3n) is 5.82. The number of carboxylic acids is 1. The van der Waals surface area contributed by atoms with Crippen molar-refractivity contribution in [2.45, 2.75) is 26.3 Å². The molecule has 0 spiro atoms. The number of hydrogen-bond donors (Lipinski definition) is 4. The predicted octanol–water partition coefficient (Wildman–Crippen LogP) is 5.29. The Morgan fingerprint density at radius 1 is 1.05 bits per heavy atom. The van der Waals surface area contributed by atoms with Crippen molar-refractivity contribution in [3.8, 4) is 17.2 Å². The van der Waals surface area contributed by atoms with Gasteiger partial charge in [0.2, 0.25) is 0 Å². The first-order valence-electron chi connectivity index (χ1n) is 11.5. The molecule has 3 aromatic carbocycles. The number of aliphatic hydroxyl groups is 1. The maximum absolute atomic E-state index is 14.0. The Kier molecular flexibility index (Phi) is 7.30. The first-order chi connectivity index (χ1) is 18.8.